The zero-order valence-electron chi connectivity index (χ0n) is 7.70. The average molecular weight is 196 g/mol. The normalized spacial score (nSPS) is 34.7. The Bertz CT molecular complexity index is 345. The summed E-state index contributed by atoms with van der Waals surface area (Å²) in [5.41, 5.74) is -1.23. The third kappa shape index (κ3) is 0.792. The summed E-state index contributed by atoms with van der Waals surface area (Å²) in [6.45, 7) is 2.85. The van der Waals surface area contributed by atoms with Crippen LogP contribution in [0.5, 0.6) is 0 Å². The topological polar surface area (TPSA) is 77.5 Å². The number of hydrogen-bond acceptors (Lipinski definition) is 5. The summed E-state index contributed by atoms with van der Waals surface area (Å²) in [5, 5.41) is 0. The molecule has 0 bridgehead atoms. The first-order chi connectivity index (χ1) is 6.37. The van der Waals surface area contributed by atoms with E-state index in [0.29, 0.717) is 0 Å². The minimum absolute atomic E-state index is 0.511. The fourth-order valence-electron chi connectivity index (χ4n) is 1.91. The van der Waals surface area contributed by atoms with Gasteiger partial charge in [0, 0.05) is 0 Å². The number of fused-ring (bicyclic) bond motifs is 1. The summed E-state index contributed by atoms with van der Waals surface area (Å²) in [4.78, 5) is 45.4. The van der Waals surface area contributed by atoms with E-state index in [1.165, 1.54) is 13.8 Å². The first-order valence-corrected chi connectivity index (χ1v) is 4.21. The number of rotatable bonds is 0. The summed E-state index contributed by atoms with van der Waals surface area (Å²) in [5.74, 6) is -5.17. The van der Waals surface area contributed by atoms with Crippen LogP contribution in [0.3, 0.4) is 0 Å². The minimum Gasteiger partial charge on any atom is -0.392 e. The van der Waals surface area contributed by atoms with Gasteiger partial charge in [-0.3, -0.25) is 19.2 Å². The number of ether oxygens (including phenoxy) is 1. The molecule has 2 aliphatic rings. The Morgan fingerprint density at radius 2 is 1.29 bits per heavy atom. The zero-order chi connectivity index (χ0) is 10.7. The standard InChI is InChI=1S/C9H8O5/c1-9(2)5(10)3-4(6(9)11)8(13)14-7(3)12/h3-4H,1-2H3. The number of Topliss-reactive ketones (excluding diaryl/α,β-unsaturated/α-hetero) is 2. The van der Waals surface area contributed by atoms with E-state index >= 15 is 0 Å². The van der Waals surface area contributed by atoms with Crippen LogP contribution in [0.15, 0.2) is 0 Å². The van der Waals surface area contributed by atoms with E-state index in [4.69, 9.17) is 0 Å². The minimum atomic E-state index is -1.23. The van der Waals surface area contributed by atoms with E-state index in [1.54, 1.807) is 0 Å². The average Bonchev–Trinajstić information content (AvgIpc) is 2.45. The molecular weight excluding hydrogens is 188 g/mol. The van der Waals surface area contributed by atoms with Crippen LogP contribution in [0.4, 0.5) is 0 Å². The summed E-state index contributed by atoms with van der Waals surface area (Å²) in [6, 6.07) is 0. The number of ketones is 2. The van der Waals surface area contributed by atoms with Crippen LogP contribution < -0.4 is 0 Å². The first-order valence-electron chi connectivity index (χ1n) is 4.21. The molecule has 1 aliphatic carbocycles. The predicted molar refractivity (Wildman–Crippen MR) is 41.9 cm³/mol. The highest BCUT2D eigenvalue weighted by atomic mass is 16.6. The number of carbonyl (C=O) groups is 4. The molecule has 0 aromatic rings. The third-order valence-corrected chi connectivity index (χ3v) is 2.84. The van der Waals surface area contributed by atoms with Crippen LogP contribution in [0.1, 0.15) is 13.8 Å². The highest BCUT2D eigenvalue weighted by Crippen LogP contribution is 2.43. The fourth-order valence-corrected chi connectivity index (χ4v) is 1.91. The molecule has 1 saturated carbocycles. The van der Waals surface area contributed by atoms with Gasteiger partial charge in [-0.1, -0.05) is 0 Å². The molecule has 2 atom stereocenters. The Balaban J connectivity index is 2.54. The lowest BCUT2D eigenvalue weighted by Crippen LogP contribution is -2.31. The van der Waals surface area contributed by atoms with E-state index in [0.717, 1.165) is 0 Å². The van der Waals surface area contributed by atoms with Gasteiger partial charge in [0.15, 0.2) is 11.6 Å². The van der Waals surface area contributed by atoms with E-state index in [2.05, 4.69) is 4.74 Å². The van der Waals surface area contributed by atoms with Gasteiger partial charge in [-0.2, -0.15) is 0 Å². The lowest BCUT2D eigenvalue weighted by Gasteiger charge is -2.13. The van der Waals surface area contributed by atoms with Gasteiger partial charge in [-0.05, 0) is 13.8 Å². The van der Waals surface area contributed by atoms with Gasteiger partial charge < -0.3 is 4.74 Å². The molecule has 0 radical (unpaired) electrons. The Kier molecular flexibility index (Phi) is 1.48. The molecule has 5 heteroatoms. The van der Waals surface area contributed by atoms with Crippen LogP contribution >= 0.6 is 0 Å². The fraction of sp³-hybridized carbons (Fsp3) is 0.556. The van der Waals surface area contributed by atoms with Gasteiger partial charge in [-0.25, -0.2) is 0 Å². The van der Waals surface area contributed by atoms with Crippen LogP contribution in [0.2, 0.25) is 0 Å². The summed E-state index contributed by atoms with van der Waals surface area (Å²) >= 11 is 0. The lowest BCUT2D eigenvalue weighted by molar-refractivity contribution is -0.156. The van der Waals surface area contributed by atoms with Crippen LogP contribution in [0.25, 0.3) is 0 Å². The van der Waals surface area contributed by atoms with Crippen molar-refractivity contribution >= 4 is 23.5 Å². The number of cyclic esters (lactones) is 2. The summed E-state index contributed by atoms with van der Waals surface area (Å²) < 4.78 is 4.24. The van der Waals surface area contributed by atoms with Crippen molar-refractivity contribution < 1.29 is 23.9 Å². The molecule has 2 rings (SSSR count). The molecule has 0 spiro atoms. The molecule has 0 amide bonds. The van der Waals surface area contributed by atoms with Crippen LogP contribution in [0, 0.1) is 17.3 Å². The van der Waals surface area contributed by atoms with E-state index in [-0.39, 0.29) is 0 Å². The van der Waals surface area contributed by atoms with Gasteiger partial charge in [0.2, 0.25) is 0 Å². The largest absolute Gasteiger partial charge is 0.392 e. The molecule has 1 aliphatic heterocycles. The second-order valence-corrected chi connectivity index (χ2v) is 4.05. The van der Waals surface area contributed by atoms with Gasteiger partial charge >= 0.3 is 11.9 Å². The first kappa shape index (κ1) is 9.05. The van der Waals surface area contributed by atoms with Crippen molar-refractivity contribution in [3.63, 3.8) is 0 Å². The highest BCUT2D eigenvalue weighted by molar-refractivity contribution is 6.30. The molecule has 74 valence electrons. The molecule has 0 aromatic carbocycles. The third-order valence-electron chi connectivity index (χ3n) is 2.84. The highest BCUT2D eigenvalue weighted by Gasteiger charge is 2.65. The number of esters is 2. The van der Waals surface area contributed by atoms with Crippen molar-refractivity contribution in [1.29, 1.82) is 0 Å². The maximum atomic E-state index is 11.6. The predicted octanol–water partition coefficient (Wildman–Crippen LogP) is -0.520. The van der Waals surface area contributed by atoms with Gasteiger partial charge in [-0.15, -0.1) is 0 Å². The number of carbonyl (C=O) groups excluding carboxylic acids is 4. The van der Waals surface area contributed by atoms with Crippen molar-refractivity contribution in [2.24, 2.45) is 17.3 Å². The Morgan fingerprint density at radius 1 is 0.929 bits per heavy atom. The Hall–Kier alpha value is -1.52. The molecule has 2 fully saturated rings. The SMILES string of the molecule is CC1(C)C(=O)C2C(=O)OC(=O)C2C1=O. The molecular formula is C9H8O5. The van der Waals surface area contributed by atoms with Crippen LogP contribution in [-0.2, 0) is 23.9 Å². The van der Waals surface area contributed by atoms with Crippen LogP contribution in [-0.4, -0.2) is 23.5 Å². The van der Waals surface area contributed by atoms with E-state index in [9.17, 15) is 19.2 Å². The monoisotopic (exact) mass is 196 g/mol. The van der Waals surface area contributed by atoms with Crippen molar-refractivity contribution in [2.75, 3.05) is 0 Å². The molecule has 0 N–H and O–H groups in total. The van der Waals surface area contributed by atoms with Crippen molar-refractivity contribution in [3.8, 4) is 0 Å². The Morgan fingerprint density at radius 3 is 1.64 bits per heavy atom. The van der Waals surface area contributed by atoms with E-state index < -0.39 is 40.8 Å². The second kappa shape index (κ2) is 2.29. The maximum Gasteiger partial charge on any atom is 0.325 e. The maximum absolute atomic E-state index is 11.6. The van der Waals surface area contributed by atoms with Gasteiger partial charge in [0.1, 0.15) is 11.8 Å². The van der Waals surface area contributed by atoms with Crippen molar-refractivity contribution in [2.45, 2.75) is 13.8 Å². The van der Waals surface area contributed by atoms with Crippen molar-refractivity contribution in [1.82, 2.24) is 0 Å². The smallest absolute Gasteiger partial charge is 0.325 e. The Labute approximate surface area is 79.4 Å². The molecule has 0 aromatic heterocycles. The molecule has 2 unspecified atom stereocenters. The molecule has 1 saturated heterocycles. The second-order valence-electron chi connectivity index (χ2n) is 4.05. The van der Waals surface area contributed by atoms with Crippen molar-refractivity contribution in [3.05, 3.63) is 0 Å². The molecule has 14 heavy (non-hydrogen) atoms. The number of hydrogen-bond donors (Lipinski definition) is 0. The quantitative estimate of drug-likeness (QED) is 0.385. The van der Waals surface area contributed by atoms with Gasteiger partial charge in [0.05, 0.1) is 5.41 Å². The summed E-state index contributed by atoms with van der Waals surface area (Å²) in [7, 11) is 0. The molecule has 5 nitrogen and oxygen atoms in total. The molecule has 1 heterocycles. The zero-order valence-corrected chi connectivity index (χ0v) is 7.70. The van der Waals surface area contributed by atoms with Gasteiger partial charge in [0.25, 0.3) is 0 Å². The lowest BCUT2D eigenvalue weighted by atomic mass is 9.88. The van der Waals surface area contributed by atoms with E-state index in [1.807, 2.05) is 0 Å². The summed E-state index contributed by atoms with van der Waals surface area (Å²) in [6.07, 6.45) is 0.